The fourth-order valence-electron chi connectivity index (χ4n) is 4.19. The lowest BCUT2D eigenvalue weighted by molar-refractivity contribution is 0.892. The van der Waals surface area contributed by atoms with Crippen molar-refractivity contribution in [1.82, 2.24) is 9.78 Å². The van der Waals surface area contributed by atoms with Gasteiger partial charge in [0.2, 0.25) is 0 Å². The number of rotatable bonds is 3. The zero-order valence-corrected chi connectivity index (χ0v) is 16.9. The molecule has 146 valence electrons. The van der Waals surface area contributed by atoms with Crippen LogP contribution >= 0.6 is 0 Å². The molecule has 0 bridgehead atoms. The van der Waals surface area contributed by atoms with E-state index in [4.69, 9.17) is 5.10 Å². The number of benzene rings is 5. The molecule has 2 heteroatoms. The molecule has 6 rings (SSSR count). The van der Waals surface area contributed by atoms with Crippen molar-refractivity contribution in [1.29, 1.82) is 0 Å². The summed E-state index contributed by atoms with van der Waals surface area (Å²) in [6.07, 6.45) is 0. The molecule has 0 spiro atoms. The van der Waals surface area contributed by atoms with E-state index in [9.17, 15) is 0 Å². The first kappa shape index (κ1) is 17.7. The van der Waals surface area contributed by atoms with E-state index >= 15 is 0 Å². The van der Waals surface area contributed by atoms with Gasteiger partial charge < -0.3 is 0 Å². The van der Waals surface area contributed by atoms with Crippen molar-refractivity contribution in [3.8, 4) is 28.2 Å². The van der Waals surface area contributed by atoms with Gasteiger partial charge in [0.15, 0.2) is 0 Å². The van der Waals surface area contributed by atoms with Gasteiger partial charge in [-0.1, -0.05) is 91.0 Å². The van der Waals surface area contributed by atoms with Gasteiger partial charge in [0, 0.05) is 11.1 Å². The van der Waals surface area contributed by atoms with Gasteiger partial charge in [0.1, 0.15) is 0 Å². The van der Waals surface area contributed by atoms with Gasteiger partial charge in [-0.15, -0.1) is 0 Å². The standard InChI is InChI=1S/C29H20N2/c1-2-12-27(13-3-1)31-29(26-17-15-22-9-5-7-11-24(22)19-26)20-28(30-31)25-16-14-21-8-4-6-10-23(21)18-25/h1-20H. The third-order valence-corrected chi connectivity index (χ3v) is 5.80. The van der Waals surface area contributed by atoms with E-state index in [0.717, 1.165) is 28.2 Å². The van der Waals surface area contributed by atoms with Gasteiger partial charge in [-0.05, 0) is 51.9 Å². The number of fused-ring (bicyclic) bond motifs is 2. The maximum atomic E-state index is 5.03. The van der Waals surface area contributed by atoms with Crippen LogP contribution in [0.25, 0.3) is 49.7 Å². The van der Waals surface area contributed by atoms with Crippen molar-refractivity contribution < 1.29 is 0 Å². The SMILES string of the molecule is c1ccc(-n2nc(-c3ccc4ccccc4c3)cc2-c2ccc3ccccc3c2)cc1. The summed E-state index contributed by atoms with van der Waals surface area (Å²) in [6.45, 7) is 0. The molecule has 0 unspecified atom stereocenters. The Morgan fingerprint density at radius 2 is 1.00 bits per heavy atom. The first-order valence-corrected chi connectivity index (χ1v) is 10.5. The first-order chi connectivity index (χ1) is 15.3. The van der Waals surface area contributed by atoms with Gasteiger partial charge in [-0.2, -0.15) is 5.10 Å². The largest absolute Gasteiger partial charge is 0.232 e. The lowest BCUT2D eigenvalue weighted by atomic mass is 10.0. The van der Waals surface area contributed by atoms with Gasteiger partial charge in [0.05, 0.1) is 17.1 Å². The van der Waals surface area contributed by atoms with Crippen LogP contribution < -0.4 is 0 Å². The topological polar surface area (TPSA) is 17.8 Å². The number of aromatic nitrogens is 2. The number of para-hydroxylation sites is 1. The molecule has 1 aromatic heterocycles. The van der Waals surface area contributed by atoms with Gasteiger partial charge >= 0.3 is 0 Å². The van der Waals surface area contributed by atoms with Crippen LogP contribution in [0.15, 0.2) is 121 Å². The Hall–Kier alpha value is -4.17. The smallest absolute Gasteiger partial charge is 0.0934 e. The van der Waals surface area contributed by atoms with Crippen LogP contribution in [0.1, 0.15) is 0 Å². The lowest BCUT2D eigenvalue weighted by Crippen LogP contribution is -1.98. The molecule has 0 amide bonds. The highest BCUT2D eigenvalue weighted by molar-refractivity contribution is 5.89. The minimum Gasteiger partial charge on any atom is -0.232 e. The van der Waals surface area contributed by atoms with Crippen molar-refractivity contribution in [3.05, 3.63) is 121 Å². The predicted molar refractivity (Wildman–Crippen MR) is 129 cm³/mol. The minimum atomic E-state index is 0.970. The Morgan fingerprint density at radius 1 is 0.452 bits per heavy atom. The Labute approximate surface area is 181 Å². The Morgan fingerprint density at radius 3 is 1.68 bits per heavy atom. The third-order valence-electron chi connectivity index (χ3n) is 5.80. The summed E-state index contributed by atoms with van der Waals surface area (Å²) in [6, 6.07) is 42.6. The first-order valence-electron chi connectivity index (χ1n) is 10.5. The van der Waals surface area contributed by atoms with Gasteiger partial charge in [0.25, 0.3) is 0 Å². The fraction of sp³-hybridized carbons (Fsp3) is 0. The molecule has 0 atom stereocenters. The summed E-state index contributed by atoms with van der Waals surface area (Å²) in [4.78, 5) is 0. The van der Waals surface area contributed by atoms with E-state index in [-0.39, 0.29) is 0 Å². The monoisotopic (exact) mass is 396 g/mol. The van der Waals surface area contributed by atoms with Crippen molar-refractivity contribution in [2.45, 2.75) is 0 Å². The van der Waals surface area contributed by atoms with Crippen molar-refractivity contribution >= 4 is 21.5 Å². The molecule has 0 N–H and O–H groups in total. The predicted octanol–water partition coefficient (Wildman–Crippen LogP) is 7.51. The van der Waals surface area contributed by atoms with Crippen LogP contribution in [0.4, 0.5) is 0 Å². The molecule has 0 aliphatic heterocycles. The average Bonchev–Trinajstić information content (AvgIpc) is 3.30. The second-order valence-corrected chi connectivity index (χ2v) is 7.79. The molecule has 1 heterocycles. The Bertz CT molecular complexity index is 1530. The van der Waals surface area contributed by atoms with Gasteiger partial charge in [-0.25, -0.2) is 4.68 Å². The summed E-state index contributed by atoms with van der Waals surface area (Å²) >= 11 is 0. The van der Waals surface area contributed by atoms with Crippen LogP contribution in [0.3, 0.4) is 0 Å². The highest BCUT2D eigenvalue weighted by Gasteiger charge is 2.14. The van der Waals surface area contributed by atoms with E-state index in [2.05, 4.69) is 120 Å². The summed E-state index contributed by atoms with van der Waals surface area (Å²) in [5.41, 5.74) is 5.38. The molecule has 6 aromatic rings. The van der Waals surface area contributed by atoms with E-state index in [1.165, 1.54) is 21.5 Å². The van der Waals surface area contributed by atoms with Crippen molar-refractivity contribution in [3.63, 3.8) is 0 Å². The van der Waals surface area contributed by atoms with E-state index in [0.29, 0.717) is 0 Å². The highest BCUT2D eigenvalue weighted by atomic mass is 15.3. The maximum absolute atomic E-state index is 5.03. The Kier molecular flexibility index (Phi) is 4.14. The number of hydrogen-bond acceptors (Lipinski definition) is 1. The molecule has 0 fully saturated rings. The zero-order valence-electron chi connectivity index (χ0n) is 16.9. The second-order valence-electron chi connectivity index (χ2n) is 7.79. The average molecular weight is 396 g/mol. The molecule has 0 aliphatic rings. The molecule has 2 nitrogen and oxygen atoms in total. The quantitative estimate of drug-likeness (QED) is 0.303. The third kappa shape index (κ3) is 3.19. The summed E-state index contributed by atoms with van der Waals surface area (Å²) in [5.74, 6) is 0. The van der Waals surface area contributed by atoms with Crippen LogP contribution in [-0.4, -0.2) is 9.78 Å². The summed E-state index contributed by atoms with van der Waals surface area (Å²) in [5, 5.41) is 9.97. The van der Waals surface area contributed by atoms with E-state index in [1.54, 1.807) is 0 Å². The summed E-state index contributed by atoms with van der Waals surface area (Å²) < 4.78 is 2.05. The molecule has 31 heavy (non-hydrogen) atoms. The second kappa shape index (κ2) is 7.26. The summed E-state index contributed by atoms with van der Waals surface area (Å²) in [7, 11) is 0. The van der Waals surface area contributed by atoms with E-state index in [1.807, 2.05) is 6.07 Å². The van der Waals surface area contributed by atoms with E-state index < -0.39 is 0 Å². The molecule has 0 aliphatic carbocycles. The molecule has 0 saturated heterocycles. The lowest BCUT2D eigenvalue weighted by Gasteiger charge is -2.08. The van der Waals surface area contributed by atoms with Gasteiger partial charge in [-0.3, -0.25) is 0 Å². The molecule has 0 saturated carbocycles. The van der Waals surface area contributed by atoms with Crippen LogP contribution in [-0.2, 0) is 0 Å². The number of hydrogen-bond donors (Lipinski definition) is 0. The Balaban J connectivity index is 1.56. The molecule has 0 radical (unpaired) electrons. The van der Waals surface area contributed by atoms with Crippen molar-refractivity contribution in [2.24, 2.45) is 0 Å². The normalized spacial score (nSPS) is 11.2. The molecule has 5 aromatic carbocycles. The van der Waals surface area contributed by atoms with Crippen LogP contribution in [0.2, 0.25) is 0 Å². The molecular weight excluding hydrogens is 376 g/mol. The van der Waals surface area contributed by atoms with Crippen molar-refractivity contribution in [2.75, 3.05) is 0 Å². The fourth-order valence-corrected chi connectivity index (χ4v) is 4.19. The van der Waals surface area contributed by atoms with Crippen LogP contribution in [0.5, 0.6) is 0 Å². The highest BCUT2D eigenvalue weighted by Crippen LogP contribution is 2.32. The zero-order chi connectivity index (χ0) is 20.6. The maximum Gasteiger partial charge on any atom is 0.0934 e. The minimum absolute atomic E-state index is 0.970. The molecular formula is C29H20N2. The van der Waals surface area contributed by atoms with Crippen LogP contribution in [0, 0.1) is 0 Å². The number of nitrogens with zero attached hydrogens (tertiary/aromatic N) is 2.